The van der Waals surface area contributed by atoms with Crippen molar-refractivity contribution in [3.63, 3.8) is 0 Å². The molecular weight excluding hydrogens is 290 g/mol. The number of hydrogen-bond acceptors (Lipinski definition) is 3. The minimum atomic E-state index is -0.0142. The molecule has 2 aliphatic rings. The molecular formula is C19H19NO3. The summed E-state index contributed by atoms with van der Waals surface area (Å²) in [4.78, 5) is 12.3. The van der Waals surface area contributed by atoms with Crippen LogP contribution in [0.15, 0.2) is 36.4 Å². The van der Waals surface area contributed by atoms with Crippen LogP contribution in [0.2, 0.25) is 0 Å². The van der Waals surface area contributed by atoms with E-state index in [2.05, 4.69) is 23.5 Å². The summed E-state index contributed by atoms with van der Waals surface area (Å²) in [6.07, 6.45) is 5.21. The maximum absolute atomic E-state index is 12.3. The molecule has 0 saturated carbocycles. The first kappa shape index (κ1) is 14.1. The number of rotatable bonds is 3. The number of fused-ring (bicyclic) bond motifs is 2. The first-order chi connectivity index (χ1) is 11.3. The summed E-state index contributed by atoms with van der Waals surface area (Å²) in [7, 11) is 0. The quantitative estimate of drug-likeness (QED) is 0.944. The molecule has 1 amide bonds. The second-order valence-electron chi connectivity index (χ2n) is 6.10. The van der Waals surface area contributed by atoms with E-state index in [1.165, 1.54) is 30.4 Å². The molecule has 0 radical (unpaired) electrons. The number of carbonyl (C=O) groups excluding carboxylic acids is 1. The number of aryl methyl sites for hydroxylation is 2. The topological polar surface area (TPSA) is 47.6 Å². The average Bonchev–Trinajstić information content (AvgIpc) is 3.02. The Kier molecular flexibility index (Phi) is 3.66. The lowest BCUT2D eigenvalue weighted by molar-refractivity contribution is -0.115. The molecule has 0 spiro atoms. The molecule has 0 unspecified atom stereocenters. The molecule has 2 aromatic carbocycles. The lowest BCUT2D eigenvalue weighted by Crippen LogP contribution is -2.15. The van der Waals surface area contributed by atoms with Crippen LogP contribution in [0, 0.1) is 0 Å². The second kappa shape index (κ2) is 5.95. The molecule has 1 aliphatic carbocycles. The highest BCUT2D eigenvalue weighted by molar-refractivity contribution is 5.92. The van der Waals surface area contributed by atoms with E-state index < -0.39 is 0 Å². The minimum absolute atomic E-state index is 0.0142. The number of hydrogen-bond donors (Lipinski definition) is 1. The Balaban J connectivity index is 1.44. The van der Waals surface area contributed by atoms with Crippen molar-refractivity contribution in [3.05, 3.63) is 53.1 Å². The molecule has 1 aliphatic heterocycles. The van der Waals surface area contributed by atoms with Crippen molar-refractivity contribution in [1.82, 2.24) is 0 Å². The van der Waals surface area contributed by atoms with Gasteiger partial charge in [-0.05, 0) is 54.5 Å². The predicted molar refractivity (Wildman–Crippen MR) is 88.0 cm³/mol. The van der Waals surface area contributed by atoms with E-state index in [-0.39, 0.29) is 12.7 Å². The monoisotopic (exact) mass is 309 g/mol. The molecule has 2 aromatic rings. The molecule has 0 saturated heterocycles. The first-order valence-electron chi connectivity index (χ1n) is 8.08. The van der Waals surface area contributed by atoms with Gasteiger partial charge in [-0.25, -0.2) is 0 Å². The van der Waals surface area contributed by atoms with Crippen LogP contribution in [-0.4, -0.2) is 12.7 Å². The van der Waals surface area contributed by atoms with E-state index in [0.29, 0.717) is 12.2 Å². The smallest absolute Gasteiger partial charge is 0.231 e. The van der Waals surface area contributed by atoms with Crippen LogP contribution in [0.4, 0.5) is 5.69 Å². The van der Waals surface area contributed by atoms with Crippen LogP contribution in [0.3, 0.4) is 0 Å². The van der Waals surface area contributed by atoms with E-state index in [4.69, 9.17) is 9.47 Å². The van der Waals surface area contributed by atoms with Crippen molar-refractivity contribution < 1.29 is 14.3 Å². The zero-order valence-electron chi connectivity index (χ0n) is 12.9. The predicted octanol–water partition coefficient (Wildman–Crippen LogP) is 3.48. The van der Waals surface area contributed by atoms with Crippen LogP contribution in [0.1, 0.15) is 29.5 Å². The number of amides is 1. The summed E-state index contributed by atoms with van der Waals surface area (Å²) < 4.78 is 10.6. The highest BCUT2D eigenvalue weighted by Crippen LogP contribution is 2.34. The van der Waals surface area contributed by atoms with Gasteiger partial charge in [-0.1, -0.05) is 18.2 Å². The largest absolute Gasteiger partial charge is 0.454 e. The van der Waals surface area contributed by atoms with Gasteiger partial charge in [0.15, 0.2) is 11.5 Å². The molecule has 0 atom stereocenters. The number of benzene rings is 2. The number of anilines is 1. The van der Waals surface area contributed by atoms with Gasteiger partial charge in [-0.3, -0.25) is 4.79 Å². The maximum Gasteiger partial charge on any atom is 0.231 e. The summed E-state index contributed by atoms with van der Waals surface area (Å²) in [6, 6.07) is 11.9. The standard InChI is InChI=1S/C19H19NO3/c21-19(20-16-7-8-17-18(11-16)23-12-22-17)10-13-5-6-14-3-1-2-4-15(14)9-13/h5-9,11H,1-4,10,12H2,(H,20,21). The summed E-state index contributed by atoms with van der Waals surface area (Å²) >= 11 is 0. The molecule has 4 heteroatoms. The molecule has 0 aromatic heterocycles. The van der Waals surface area contributed by atoms with E-state index >= 15 is 0 Å². The van der Waals surface area contributed by atoms with Crippen LogP contribution in [0.25, 0.3) is 0 Å². The first-order valence-corrected chi connectivity index (χ1v) is 8.08. The van der Waals surface area contributed by atoms with Crippen LogP contribution in [-0.2, 0) is 24.1 Å². The van der Waals surface area contributed by atoms with Crippen LogP contribution >= 0.6 is 0 Å². The second-order valence-corrected chi connectivity index (χ2v) is 6.10. The Labute approximate surface area is 135 Å². The van der Waals surface area contributed by atoms with Crippen LogP contribution in [0.5, 0.6) is 11.5 Å². The molecule has 23 heavy (non-hydrogen) atoms. The van der Waals surface area contributed by atoms with E-state index in [9.17, 15) is 4.79 Å². The van der Waals surface area contributed by atoms with Crippen molar-refractivity contribution in [2.75, 3.05) is 12.1 Å². The van der Waals surface area contributed by atoms with Crippen molar-refractivity contribution in [2.24, 2.45) is 0 Å². The normalized spacial score (nSPS) is 15.1. The summed E-state index contributed by atoms with van der Waals surface area (Å²) in [5.41, 5.74) is 4.65. The zero-order valence-corrected chi connectivity index (χ0v) is 12.9. The van der Waals surface area contributed by atoms with Gasteiger partial charge in [0.25, 0.3) is 0 Å². The van der Waals surface area contributed by atoms with Crippen molar-refractivity contribution in [3.8, 4) is 11.5 Å². The molecule has 1 heterocycles. The van der Waals surface area contributed by atoms with Gasteiger partial charge in [0, 0.05) is 11.8 Å². The number of nitrogens with one attached hydrogen (secondary N) is 1. The fourth-order valence-corrected chi connectivity index (χ4v) is 3.26. The summed E-state index contributed by atoms with van der Waals surface area (Å²) in [5, 5.41) is 2.93. The number of ether oxygens (including phenoxy) is 2. The fraction of sp³-hybridized carbons (Fsp3) is 0.316. The third-order valence-corrected chi connectivity index (χ3v) is 4.43. The molecule has 4 rings (SSSR count). The number of carbonyl (C=O) groups is 1. The lowest BCUT2D eigenvalue weighted by Gasteiger charge is -2.16. The van der Waals surface area contributed by atoms with E-state index in [1.807, 2.05) is 12.1 Å². The molecule has 1 N–H and O–H groups in total. The molecule has 0 fully saturated rings. The highest BCUT2D eigenvalue weighted by atomic mass is 16.7. The third kappa shape index (κ3) is 3.02. The molecule has 118 valence electrons. The van der Waals surface area contributed by atoms with Gasteiger partial charge >= 0.3 is 0 Å². The van der Waals surface area contributed by atoms with Gasteiger partial charge in [-0.15, -0.1) is 0 Å². The van der Waals surface area contributed by atoms with Crippen LogP contribution < -0.4 is 14.8 Å². The SMILES string of the molecule is O=C(Cc1ccc2c(c1)CCCC2)Nc1ccc2c(c1)OCO2. The average molecular weight is 309 g/mol. The third-order valence-electron chi connectivity index (χ3n) is 4.43. The minimum Gasteiger partial charge on any atom is -0.454 e. The van der Waals surface area contributed by atoms with E-state index in [0.717, 1.165) is 23.4 Å². The van der Waals surface area contributed by atoms with Crippen molar-refractivity contribution in [1.29, 1.82) is 0 Å². The van der Waals surface area contributed by atoms with Gasteiger partial charge in [0.05, 0.1) is 6.42 Å². The molecule has 0 bridgehead atoms. The lowest BCUT2D eigenvalue weighted by atomic mass is 9.90. The van der Waals surface area contributed by atoms with Gasteiger partial charge in [0.1, 0.15) is 0 Å². The Bertz CT molecular complexity index is 754. The highest BCUT2D eigenvalue weighted by Gasteiger charge is 2.15. The Morgan fingerprint density at radius 1 is 0.957 bits per heavy atom. The van der Waals surface area contributed by atoms with Crippen molar-refractivity contribution >= 4 is 11.6 Å². The van der Waals surface area contributed by atoms with E-state index in [1.54, 1.807) is 6.07 Å². The maximum atomic E-state index is 12.3. The summed E-state index contributed by atoms with van der Waals surface area (Å²) in [5.74, 6) is 1.38. The fourth-order valence-electron chi connectivity index (χ4n) is 3.26. The van der Waals surface area contributed by atoms with Crippen molar-refractivity contribution in [2.45, 2.75) is 32.1 Å². The Morgan fingerprint density at radius 2 is 1.78 bits per heavy atom. The van der Waals surface area contributed by atoms with Gasteiger partial charge < -0.3 is 14.8 Å². The Hall–Kier alpha value is -2.49. The molecule has 4 nitrogen and oxygen atoms in total. The Morgan fingerprint density at radius 3 is 2.70 bits per heavy atom. The summed E-state index contributed by atoms with van der Waals surface area (Å²) in [6.45, 7) is 0.238. The van der Waals surface area contributed by atoms with Gasteiger partial charge in [0.2, 0.25) is 12.7 Å². The van der Waals surface area contributed by atoms with Gasteiger partial charge in [-0.2, -0.15) is 0 Å². The zero-order chi connectivity index (χ0) is 15.6.